The van der Waals surface area contributed by atoms with Crippen LogP contribution in [0.4, 0.5) is 0 Å². The summed E-state index contributed by atoms with van der Waals surface area (Å²) in [7, 11) is 1.67. The Labute approximate surface area is 152 Å². The van der Waals surface area contributed by atoms with Gasteiger partial charge in [-0.3, -0.25) is 4.40 Å². The van der Waals surface area contributed by atoms with Gasteiger partial charge >= 0.3 is 0 Å². The predicted molar refractivity (Wildman–Crippen MR) is 104 cm³/mol. The molecule has 0 fully saturated rings. The van der Waals surface area contributed by atoms with Crippen LogP contribution in [0.25, 0.3) is 16.6 Å². The highest BCUT2D eigenvalue weighted by molar-refractivity contribution is 5.89. The van der Waals surface area contributed by atoms with Crippen LogP contribution in [0.2, 0.25) is 0 Å². The SMILES string of the molecule is CCc1ccc2c(c1)c(OC)cc1nc(C(C)(O)c3ccccc3)cn12. The standard InChI is InChI=1S/C22H22N2O2/c1-4-15-10-11-18-17(12-15)19(26-3)13-21-23-20(14-24(18)21)22(2,25)16-8-6-5-7-9-16/h5-14,25H,4H2,1-3H3. The molecular formula is C22H22N2O2. The highest BCUT2D eigenvalue weighted by Gasteiger charge is 2.29. The van der Waals surface area contributed by atoms with Gasteiger partial charge in [-0.2, -0.15) is 0 Å². The lowest BCUT2D eigenvalue weighted by Crippen LogP contribution is -2.23. The van der Waals surface area contributed by atoms with E-state index < -0.39 is 5.60 Å². The molecule has 2 aromatic carbocycles. The van der Waals surface area contributed by atoms with E-state index in [0.717, 1.165) is 34.3 Å². The van der Waals surface area contributed by atoms with Crippen LogP contribution in [-0.2, 0) is 12.0 Å². The van der Waals surface area contributed by atoms with Gasteiger partial charge in [0.15, 0.2) is 0 Å². The number of benzene rings is 2. The quantitative estimate of drug-likeness (QED) is 0.599. The molecule has 0 saturated carbocycles. The Morgan fingerprint density at radius 2 is 1.88 bits per heavy atom. The predicted octanol–water partition coefficient (Wildman–Crippen LogP) is 4.31. The van der Waals surface area contributed by atoms with Crippen molar-refractivity contribution in [1.29, 1.82) is 0 Å². The summed E-state index contributed by atoms with van der Waals surface area (Å²) < 4.78 is 7.62. The van der Waals surface area contributed by atoms with Crippen LogP contribution in [-0.4, -0.2) is 21.6 Å². The smallest absolute Gasteiger partial charge is 0.141 e. The van der Waals surface area contributed by atoms with Crippen LogP contribution in [0.1, 0.15) is 30.7 Å². The van der Waals surface area contributed by atoms with Gasteiger partial charge in [-0.1, -0.05) is 43.3 Å². The molecule has 0 aliphatic heterocycles. The zero-order valence-corrected chi connectivity index (χ0v) is 15.2. The number of hydrogen-bond donors (Lipinski definition) is 1. The molecule has 1 N–H and O–H groups in total. The minimum atomic E-state index is -1.17. The highest BCUT2D eigenvalue weighted by atomic mass is 16.5. The second-order valence-corrected chi connectivity index (χ2v) is 6.71. The van der Waals surface area contributed by atoms with E-state index in [9.17, 15) is 5.11 Å². The fraction of sp³-hybridized carbons (Fsp3) is 0.227. The molecule has 1 atom stereocenters. The molecule has 4 rings (SSSR count). The Hall–Kier alpha value is -2.85. The molecule has 0 bridgehead atoms. The van der Waals surface area contributed by atoms with E-state index in [1.54, 1.807) is 14.0 Å². The van der Waals surface area contributed by atoms with Crippen molar-refractivity contribution < 1.29 is 9.84 Å². The molecule has 4 aromatic rings. The molecule has 132 valence electrons. The summed E-state index contributed by atoms with van der Waals surface area (Å²) >= 11 is 0. The molecule has 0 radical (unpaired) electrons. The lowest BCUT2D eigenvalue weighted by atomic mass is 9.93. The van der Waals surface area contributed by atoms with Crippen molar-refractivity contribution in [3.8, 4) is 5.75 Å². The number of aryl methyl sites for hydroxylation is 1. The van der Waals surface area contributed by atoms with Gasteiger partial charge in [0.05, 0.1) is 18.3 Å². The first-order chi connectivity index (χ1) is 12.5. The van der Waals surface area contributed by atoms with Gasteiger partial charge in [0.2, 0.25) is 0 Å². The van der Waals surface area contributed by atoms with E-state index >= 15 is 0 Å². The number of fused-ring (bicyclic) bond motifs is 3. The molecule has 0 aliphatic carbocycles. The van der Waals surface area contributed by atoms with Gasteiger partial charge in [0.1, 0.15) is 17.0 Å². The lowest BCUT2D eigenvalue weighted by Gasteiger charge is -2.21. The second-order valence-electron chi connectivity index (χ2n) is 6.71. The Kier molecular flexibility index (Phi) is 3.93. The molecule has 2 heterocycles. The Bertz CT molecular complexity index is 1080. The van der Waals surface area contributed by atoms with Gasteiger partial charge in [0.25, 0.3) is 0 Å². The maximum absolute atomic E-state index is 11.1. The molecule has 26 heavy (non-hydrogen) atoms. The monoisotopic (exact) mass is 346 g/mol. The van der Waals surface area contributed by atoms with E-state index in [2.05, 4.69) is 25.1 Å². The van der Waals surface area contributed by atoms with Gasteiger partial charge in [-0.15, -0.1) is 0 Å². The Balaban J connectivity index is 1.96. The third-order valence-corrected chi connectivity index (χ3v) is 5.04. The third kappa shape index (κ3) is 2.54. The van der Waals surface area contributed by atoms with E-state index in [0.29, 0.717) is 5.69 Å². The van der Waals surface area contributed by atoms with Gasteiger partial charge in [-0.25, -0.2) is 4.98 Å². The first-order valence-corrected chi connectivity index (χ1v) is 8.81. The molecule has 2 aromatic heterocycles. The fourth-order valence-corrected chi connectivity index (χ4v) is 3.41. The molecule has 4 nitrogen and oxygen atoms in total. The second kappa shape index (κ2) is 6.15. The average molecular weight is 346 g/mol. The number of nitrogens with zero attached hydrogens (tertiary/aromatic N) is 2. The van der Waals surface area contributed by atoms with E-state index in [1.165, 1.54) is 5.56 Å². The van der Waals surface area contributed by atoms with Gasteiger partial charge in [-0.05, 0) is 36.6 Å². The van der Waals surface area contributed by atoms with E-state index in [-0.39, 0.29) is 0 Å². The highest BCUT2D eigenvalue weighted by Crippen LogP contribution is 2.33. The minimum Gasteiger partial charge on any atom is -0.496 e. The summed E-state index contributed by atoms with van der Waals surface area (Å²) in [5, 5.41) is 12.2. The average Bonchev–Trinajstić information content (AvgIpc) is 3.12. The summed E-state index contributed by atoms with van der Waals surface area (Å²) in [6.07, 6.45) is 2.88. The van der Waals surface area contributed by atoms with Crippen molar-refractivity contribution >= 4 is 16.6 Å². The van der Waals surface area contributed by atoms with Crippen LogP contribution in [0.5, 0.6) is 5.75 Å². The molecular weight excluding hydrogens is 324 g/mol. The van der Waals surface area contributed by atoms with Crippen LogP contribution in [0.15, 0.2) is 60.8 Å². The maximum Gasteiger partial charge on any atom is 0.141 e. The Morgan fingerprint density at radius 3 is 2.58 bits per heavy atom. The van der Waals surface area contributed by atoms with Gasteiger partial charge in [0, 0.05) is 17.6 Å². The largest absolute Gasteiger partial charge is 0.496 e. The molecule has 0 spiro atoms. The summed E-state index contributed by atoms with van der Waals surface area (Å²) in [4.78, 5) is 4.70. The van der Waals surface area contributed by atoms with Crippen LogP contribution in [0, 0.1) is 0 Å². The van der Waals surface area contributed by atoms with Crippen molar-refractivity contribution in [3.05, 3.63) is 77.6 Å². The molecule has 1 unspecified atom stereocenters. The van der Waals surface area contributed by atoms with Crippen molar-refractivity contribution in [2.24, 2.45) is 0 Å². The van der Waals surface area contributed by atoms with E-state index in [4.69, 9.17) is 9.72 Å². The van der Waals surface area contributed by atoms with E-state index in [1.807, 2.05) is 47.0 Å². The first-order valence-electron chi connectivity index (χ1n) is 8.81. The first kappa shape index (κ1) is 16.6. The zero-order chi connectivity index (χ0) is 18.3. The molecule has 0 saturated heterocycles. The van der Waals surface area contributed by atoms with Crippen LogP contribution in [0.3, 0.4) is 0 Å². The Morgan fingerprint density at radius 1 is 1.12 bits per heavy atom. The van der Waals surface area contributed by atoms with Crippen molar-refractivity contribution in [3.63, 3.8) is 0 Å². The molecule has 4 heteroatoms. The van der Waals surface area contributed by atoms with Crippen LogP contribution >= 0.6 is 0 Å². The number of aliphatic hydroxyl groups is 1. The number of aromatic nitrogens is 2. The van der Waals surface area contributed by atoms with Crippen molar-refractivity contribution in [2.45, 2.75) is 25.9 Å². The summed E-state index contributed by atoms with van der Waals surface area (Å²) in [5.41, 5.74) is 3.28. The normalized spacial score (nSPS) is 13.8. The number of imidazole rings is 1. The topological polar surface area (TPSA) is 46.8 Å². The number of methoxy groups -OCH3 is 1. The lowest BCUT2D eigenvalue weighted by molar-refractivity contribution is 0.0980. The summed E-state index contributed by atoms with van der Waals surface area (Å²) in [5.74, 6) is 0.791. The number of hydrogen-bond acceptors (Lipinski definition) is 3. The van der Waals surface area contributed by atoms with Gasteiger partial charge < -0.3 is 9.84 Å². The minimum absolute atomic E-state index is 0.609. The number of ether oxygens (including phenoxy) is 1. The van der Waals surface area contributed by atoms with Crippen molar-refractivity contribution in [2.75, 3.05) is 7.11 Å². The van der Waals surface area contributed by atoms with Crippen molar-refractivity contribution in [1.82, 2.24) is 9.38 Å². The number of rotatable bonds is 4. The fourth-order valence-electron chi connectivity index (χ4n) is 3.41. The van der Waals surface area contributed by atoms with Crippen LogP contribution < -0.4 is 4.74 Å². The maximum atomic E-state index is 11.1. The summed E-state index contributed by atoms with van der Waals surface area (Å²) in [6.45, 7) is 3.91. The third-order valence-electron chi connectivity index (χ3n) is 5.04. The number of pyridine rings is 1. The molecule has 0 aliphatic rings. The zero-order valence-electron chi connectivity index (χ0n) is 15.2. The summed E-state index contributed by atoms with van der Waals surface area (Å²) in [6, 6.07) is 17.9. The molecule has 0 amide bonds.